The molecule has 2 aliphatic rings. The first-order valence-corrected chi connectivity index (χ1v) is 9.57. The van der Waals surface area contributed by atoms with Crippen molar-refractivity contribution in [3.63, 3.8) is 0 Å². The van der Waals surface area contributed by atoms with Crippen LogP contribution < -0.4 is 16.0 Å². The van der Waals surface area contributed by atoms with Gasteiger partial charge in [-0.1, -0.05) is 19.3 Å². The van der Waals surface area contributed by atoms with Gasteiger partial charge in [-0.2, -0.15) is 0 Å². The maximum absolute atomic E-state index is 12.1. The molecule has 6 heteroatoms. The fourth-order valence-electron chi connectivity index (χ4n) is 3.43. The van der Waals surface area contributed by atoms with Gasteiger partial charge in [-0.25, -0.2) is 0 Å². The molecule has 1 saturated carbocycles. The first-order chi connectivity index (χ1) is 11.6. The Labute approximate surface area is 146 Å². The average Bonchev–Trinajstić information content (AvgIpc) is 3.04. The Bertz CT molecular complexity index is 413. The van der Waals surface area contributed by atoms with Gasteiger partial charge in [0.1, 0.15) is 0 Å². The lowest BCUT2D eigenvalue weighted by Crippen LogP contribution is -2.43. The van der Waals surface area contributed by atoms with Crippen LogP contribution in [0.5, 0.6) is 0 Å². The van der Waals surface area contributed by atoms with Crippen LogP contribution in [0.3, 0.4) is 0 Å². The number of nitrogens with zero attached hydrogens (tertiary/aromatic N) is 1. The summed E-state index contributed by atoms with van der Waals surface area (Å²) in [5, 5.41) is 9.58. The largest absolute Gasteiger partial charge is 0.373 e. The summed E-state index contributed by atoms with van der Waals surface area (Å²) in [7, 11) is 0. The van der Waals surface area contributed by atoms with Crippen molar-refractivity contribution in [2.24, 2.45) is 10.9 Å². The number of amides is 1. The molecule has 0 radical (unpaired) electrons. The van der Waals surface area contributed by atoms with Crippen molar-refractivity contribution < 1.29 is 9.53 Å². The highest BCUT2D eigenvalue weighted by Gasteiger charge is 2.29. The summed E-state index contributed by atoms with van der Waals surface area (Å²) in [4.78, 5) is 16.7. The second-order valence-electron chi connectivity index (χ2n) is 7.15. The quantitative estimate of drug-likeness (QED) is 0.376. The number of hydrogen-bond acceptors (Lipinski definition) is 3. The first-order valence-electron chi connectivity index (χ1n) is 9.57. The fraction of sp³-hybridized carbons (Fsp3) is 0.889. The maximum Gasteiger partial charge on any atom is 0.223 e. The lowest BCUT2D eigenvalue weighted by molar-refractivity contribution is -0.125. The van der Waals surface area contributed by atoms with Gasteiger partial charge in [-0.3, -0.25) is 9.79 Å². The van der Waals surface area contributed by atoms with Crippen LogP contribution in [0.4, 0.5) is 0 Å². The Balaban J connectivity index is 1.67. The van der Waals surface area contributed by atoms with E-state index in [4.69, 9.17) is 4.74 Å². The summed E-state index contributed by atoms with van der Waals surface area (Å²) in [5.74, 6) is 1.23. The molecule has 1 aliphatic carbocycles. The second-order valence-corrected chi connectivity index (χ2v) is 7.15. The number of nitrogens with one attached hydrogen (secondary N) is 3. The smallest absolute Gasteiger partial charge is 0.223 e. The molecule has 1 atom stereocenters. The van der Waals surface area contributed by atoms with Gasteiger partial charge >= 0.3 is 0 Å². The van der Waals surface area contributed by atoms with Crippen LogP contribution in [-0.4, -0.2) is 50.3 Å². The molecule has 1 saturated heterocycles. The third-order valence-corrected chi connectivity index (χ3v) is 4.91. The molecule has 24 heavy (non-hydrogen) atoms. The van der Waals surface area contributed by atoms with Gasteiger partial charge in [-0.05, 0) is 39.5 Å². The molecule has 1 heterocycles. The monoisotopic (exact) mass is 338 g/mol. The minimum atomic E-state index is -0.127. The van der Waals surface area contributed by atoms with Gasteiger partial charge in [0.2, 0.25) is 5.91 Å². The molecule has 2 rings (SSSR count). The highest BCUT2D eigenvalue weighted by Crippen LogP contribution is 2.25. The number of carbonyl (C=O) groups is 1. The topological polar surface area (TPSA) is 74.8 Å². The standard InChI is InChI=1S/C18H34N4O2/c1-3-19-17(22-14-18(2)10-7-13-24-18)21-12-11-20-16(23)15-8-5-4-6-9-15/h15H,3-14H2,1-2H3,(H,20,23)(H2,19,21,22). The highest BCUT2D eigenvalue weighted by molar-refractivity contribution is 5.80. The molecular formula is C18H34N4O2. The summed E-state index contributed by atoms with van der Waals surface area (Å²) in [6.07, 6.45) is 7.92. The second kappa shape index (κ2) is 9.87. The summed E-state index contributed by atoms with van der Waals surface area (Å²) in [6, 6.07) is 0. The third-order valence-electron chi connectivity index (χ3n) is 4.91. The van der Waals surface area contributed by atoms with Crippen molar-refractivity contribution in [3.05, 3.63) is 0 Å². The van der Waals surface area contributed by atoms with Crippen molar-refractivity contribution in [3.8, 4) is 0 Å². The molecule has 3 N–H and O–H groups in total. The van der Waals surface area contributed by atoms with E-state index in [1.54, 1.807) is 0 Å². The molecule has 6 nitrogen and oxygen atoms in total. The molecule has 1 amide bonds. The molecule has 0 bridgehead atoms. The predicted octanol–water partition coefficient (Wildman–Crippen LogP) is 1.81. The normalized spacial score (nSPS) is 25.5. The van der Waals surface area contributed by atoms with E-state index >= 15 is 0 Å². The van der Waals surface area contributed by atoms with E-state index in [0.29, 0.717) is 19.6 Å². The van der Waals surface area contributed by atoms with Crippen LogP contribution in [0.15, 0.2) is 4.99 Å². The van der Waals surface area contributed by atoms with E-state index in [2.05, 4.69) is 34.8 Å². The number of rotatable bonds is 7. The van der Waals surface area contributed by atoms with Crippen molar-refractivity contribution in [1.82, 2.24) is 16.0 Å². The zero-order valence-corrected chi connectivity index (χ0v) is 15.3. The molecule has 138 valence electrons. The molecule has 0 aromatic heterocycles. The van der Waals surface area contributed by atoms with E-state index in [-0.39, 0.29) is 17.4 Å². The first kappa shape index (κ1) is 19.0. The summed E-state index contributed by atoms with van der Waals surface area (Å²) < 4.78 is 5.77. The number of guanidine groups is 1. The van der Waals surface area contributed by atoms with Gasteiger partial charge in [0.25, 0.3) is 0 Å². The zero-order chi connectivity index (χ0) is 17.3. The number of ether oxygens (including phenoxy) is 1. The minimum absolute atomic E-state index is 0.127. The van der Waals surface area contributed by atoms with Crippen molar-refractivity contribution in [1.29, 1.82) is 0 Å². The van der Waals surface area contributed by atoms with Crippen LogP contribution in [0.25, 0.3) is 0 Å². The van der Waals surface area contributed by atoms with Crippen LogP contribution in [-0.2, 0) is 9.53 Å². The van der Waals surface area contributed by atoms with Crippen LogP contribution in [0.2, 0.25) is 0 Å². The number of hydrogen-bond donors (Lipinski definition) is 3. The number of carbonyl (C=O) groups excluding carboxylic acids is 1. The Hall–Kier alpha value is -1.30. The Morgan fingerprint density at radius 3 is 2.54 bits per heavy atom. The van der Waals surface area contributed by atoms with E-state index in [0.717, 1.165) is 44.8 Å². The van der Waals surface area contributed by atoms with Gasteiger partial charge in [0.15, 0.2) is 5.96 Å². The summed E-state index contributed by atoms with van der Waals surface area (Å²) in [6.45, 7) is 7.81. The van der Waals surface area contributed by atoms with E-state index in [9.17, 15) is 4.79 Å². The third kappa shape index (κ3) is 6.30. The molecule has 2 fully saturated rings. The van der Waals surface area contributed by atoms with Crippen molar-refractivity contribution in [2.75, 3.05) is 32.8 Å². The average molecular weight is 338 g/mol. The maximum atomic E-state index is 12.1. The Morgan fingerprint density at radius 2 is 1.88 bits per heavy atom. The lowest BCUT2D eigenvalue weighted by atomic mass is 9.89. The summed E-state index contributed by atoms with van der Waals surface area (Å²) in [5.41, 5.74) is -0.127. The molecule has 0 aromatic carbocycles. The lowest BCUT2D eigenvalue weighted by Gasteiger charge is -2.22. The van der Waals surface area contributed by atoms with E-state index in [1.807, 2.05) is 0 Å². The van der Waals surface area contributed by atoms with Gasteiger partial charge in [0.05, 0.1) is 12.1 Å². The van der Waals surface area contributed by atoms with Gasteiger partial charge < -0.3 is 20.7 Å². The van der Waals surface area contributed by atoms with E-state index in [1.165, 1.54) is 19.3 Å². The van der Waals surface area contributed by atoms with E-state index < -0.39 is 0 Å². The Kier molecular flexibility index (Phi) is 7.82. The molecule has 0 aromatic rings. The summed E-state index contributed by atoms with van der Waals surface area (Å²) >= 11 is 0. The highest BCUT2D eigenvalue weighted by atomic mass is 16.5. The predicted molar refractivity (Wildman–Crippen MR) is 97.2 cm³/mol. The molecular weight excluding hydrogens is 304 g/mol. The fourth-order valence-corrected chi connectivity index (χ4v) is 3.43. The molecule has 0 spiro atoms. The van der Waals surface area contributed by atoms with Crippen LogP contribution in [0, 0.1) is 5.92 Å². The van der Waals surface area contributed by atoms with Crippen molar-refractivity contribution >= 4 is 11.9 Å². The van der Waals surface area contributed by atoms with Crippen molar-refractivity contribution in [2.45, 2.75) is 64.4 Å². The SMILES string of the molecule is CCNC(=NCC1(C)CCCO1)NCCNC(=O)C1CCCCC1. The van der Waals surface area contributed by atoms with Gasteiger partial charge in [-0.15, -0.1) is 0 Å². The van der Waals surface area contributed by atoms with Crippen LogP contribution >= 0.6 is 0 Å². The Morgan fingerprint density at radius 1 is 1.12 bits per heavy atom. The number of aliphatic imine (C=N–C) groups is 1. The minimum Gasteiger partial charge on any atom is -0.373 e. The van der Waals surface area contributed by atoms with Crippen LogP contribution in [0.1, 0.15) is 58.8 Å². The van der Waals surface area contributed by atoms with Gasteiger partial charge in [0, 0.05) is 32.2 Å². The molecule has 1 aliphatic heterocycles. The zero-order valence-electron chi connectivity index (χ0n) is 15.3. The molecule has 1 unspecified atom stereocenters.